The van der Waals surface area contributed by atoms with Crippen molar-refractivity contribution in [1.82, 2.24) is 4.90 Å². The van der Waals surface area contributed by atoms with E-state index in [0.29, 0.717) is 11.1 Å². The average Bonchev–Trinajstić information content (AvgIpc) is 2.56. The summed E-state index contributed by atoms with van der Waals surface area (Å²) in [5, 5.41) is 9.86. The fraction of sp³-hybridized carbons (Fsp3) is 0.308. The van der Waals surface area contributed by atoms with E-state index >= 15 is 0 Å². The zero-order valence-corrected chi connectivity index (χ0v) is 10.2. The second-order valence-corrected chi connectivity index (χ2v) is 4.43. The van der Waals surface area contributed by atoms with Crippen molar-refractivity contribution >= 4 is 16.9 Å². The number of aromatic carboxylic acids is 1. The third kappa shape index (κ3) is 2.17. The Morgan fingerprint density at radius 2 is 2.12 bits per heavy atom. The van der Waals surface area contributed by atoms with Crippen molar-refractivity contribution in [3.63, 3.8) is 0 Å². The van der Waals surface area contributed by atoms with Crippen LogP contribution in [0.2, 0.25) is 0 Å². The molecule has 1 heterocycles. The number of carbonyl (C=O) groups is 1. The summed E-state index contributed by atoms with van der Waals surface area (Å²) in [4.78, 5) is 13.0. The largest absolute Gasteiger partial charge is 0.475 e. The molecule has 1 aromatic heterocycles. The fourth-order valence-electron chi connectivity index (χ4n) is 1.94. The minimum atomic E-state index is -1.02. The van der Waals surface area contributed by atoms with Gasteiger partial charge in [0.25, 0.3) is 0 Å². The van der Waals surface area contributed by atoms with Crippen molar-refractivity contribution in [3.8, 4) is 0 Å². The first-order chi connectivity index (χ1) is 7.99. The van der Waals surface area contributed by atoms with Crippen molar-refractivity contribution in [3.05, 3.63) is 35.1 Å². The van der Waals surface area contributed by atoms with Gasteiger partial charge in [0, 0.05) is 17.5 Å². The maximum Gasteiger partial charge on any atom is 0.372 e. The van der Waals surface area contributed by atoms with Crippen LogP contribution in [0.3, 0.4) is 0 Å². The van der Waals surface area contributed by atoms with E-state index in [4.69, 9.17) is 9.52 Å². The lowest BCUT2D eigenvalue weighted by molar-refractivity contribution is 0.0664. The quantitative estimate of drug-likeness (QED) is 0.885. The van der Waals surface area contributed by atoms with Crippen molar-refractivity contribution in [1.29, 1.82) is 0 Å². The van der Waals surface area contributed by atoms with Crippen LogP contribution in [0.1, 0.15) is 21.7 Å². The molecule has 0 aliphatic carbocycles. The number of hydrogen-bond acceptors (Lipinski definition) is 3. The molecule has 0 aliphatic heterocycles. The molecule has 4 nitrogen and oxygen atoms in total. The Labute approximate surface area is 99.4 Å². The highest BCUT2D eigenvalue weighted by molar-refractivity contribution is 5.95. The number of fused-ring (bicyclic) bond motifs is 1. The van der Waals surface area contributed by atoms with E-state index in [1.165, 1.54) is 0 Å². The molecule has 1 aromatic carbocycles. The summed E-state index contributed by atoms with van der Waals surface area (Å²) in [6, 6.07) is 5.77. The van der Waals surface area contributed by atoms with Gasteiger partial charge in [-0.2, -0.15) is 0 Å². The van der Waals surface area contributed by atoms with Crippen molar-refractivity contribution in [2.45, 2.75) is 13.5 Å². The summed E-state index contributed by atoms with van der Waals surface area (Å²) in [7, 11) is 3.99. The normalized spacial score (nSPS) is 11.3. The van der Waals surface area contributed by atoms with Crippen LogP contribution in [-0.4, -0.2) is 30.1 Å². The minimum Gasteiger partial charge on any atom is -0.475 e. The second-order valence-electron chi connectivity index (χ2n) is 4.43. The number of hydrogen-bond donors (Lipinski definition) is 1. The topological polar surface area (TPSA) is 53.7 Å². The summed E-state index contributed by atoms with van der Waals surface area (Å²) in [6.07, 6.45) is 0. The van der Waals surface area contributed by atoms with Crippen LogP contribution in [0.5, 0.6) is 0 Å². The second kappa shape index (κ2) is 4.22. The van der Waals surface area contributed by atoms with Crippen LogP contribution in [0.4, 0.5) is 0 Å². The summed E-state index contributed by atoms with van der Waals surface area (Å²) in [5.41, 5.74) is 2.46. The van der Waals surface area contributed by atoms with Crippen LogP contribution in [0, 0.1) is 6.92 Å². The average molecular weight is 233 g/mol. The summed E-state index contributed by atoms with van der Waals surface area (Å²) in [5.74, 6) is -0.991. The first kappa shape index (κ1) is 11.7. The lowest BCUT2D eigenvalue weighted by Gasteiger charge is -2.09. The Balaban J connectivity index is 2.53. The number of rotatable bonds is 3. The van der Waals surface area contributed by atoms with Gasteiger partial charge in [-0.1, -0.05) is 6.07 Å². The number of carboxylic acids is 1. The van der Waals surface area contributed by atoms with Gasteiger partial charge < -0.3 is 14.4 Å². The molecular formula is C13H15NO3. The van der Waals surface area contributed by atoms with Gasteiger partial charge in [0.2, 0.25) is 5.76 Å². The number of carboxylic acid groups (broad SMARTS) is 1. The van der Waals surface area contributed by atoms with Crippen molar-refractivity contribution < 1.29 is 14.3 Å². The first-order valence-electron chi connectivity index (χ1n) is 5.39. The predicted molar refractivity (Wildman–Crippen MR) is 65.3 cm³/mol. The molecule has 0 unspecified atom stereocenters. The smallest absolute Gasteiger partial charge is 0.372 e. The molecule has 4 heteroatoms. The van der Waals surface area contributed by atoms with Gasteiger partial charge in [-0.05, 0) is 38.7 Å². The Kier molecular flexibility index (Phi) is 2.90. The molecule has 0 aliphatic rings. The summed E-state index contributed by atoms with van der Waals surface area (Å²) in [6.45, 7) is 2.59. The van der Waals surface area contributed by atoms with Gasteiger partial charge >= 0.3 is 5.97 Å². The van der Waals surface area contributed by atoms with E-state index < -0.39 is 5.97 Å². The molecule has 0 atom stereocenters. The SMILES string of the molecule is Cc1c(C(=O)O)oc2ccc(CN(C)C)cc12. The maximum absolute atomic E-state index is 11.0. The van der Waals surface area contributed by atoms with Gasteiger partial charge in [-0.3, -0.25) is 0 Å². The Morgan fingerprint density at radius 3 is 2.71 bits per heavy atom. The highest BCUT2D eigenvalue weighted by atomic mass is 16.4. The third-order valence-corrected chi connectivity index (χ3v) is 2.69. The Hall–Kier alpha value is -1.81. The highest BCUT2D eigenvalue weighted by Gasteiger charge is 2.16. The fourth-order valence-corrected chi connectivity index (χ4v) is 1.94. The molecule has 0 saturated heterocycles. The maximum atomic E-state index is 11.0. The molecule has 0 radical (unpaired) electrons. The monoisotopic (exact) mass is 233 g/mol. The molecule has 2 aromatic rings. The number of furan rings is 1. The number of benzene rings is 1. The predicted octanol–water partition coefficient (Wildman–Crippen LogP) is 2.50. The van der Waals surface area contributed by atoms with Crippen LogP contribution < -0.4 is 0 Å². The van der Waals surface area contributed by atoms with Gasteiger partial charge in [-0.25, -0.2) is 4.79 Å². The summed E-state index contributed by atoms with van der Waals surface area (Å²) < 4.78 is 5.31. The van der Waals surface area contributed by atoms with Gasteiger partial charge in [0.1, 0.15) is 5.58 Å². The zero-order valence-electron chi connectivity index (χ0n) is 10.2. The van der Waals surface area contributed by atoms with Crippen molar-refractivity contribution in [2.24, 2.45) is 0 Å². The zero-order chi connectivity index (χ0) is 12.6. The number of nitrogens with zero attached hydrogens (tertiary/aromatic N) is 1. The van der Waals surface area contributed by atoms with E-state index in [0.717, 1.165) is 17.5 Å². The van der Waals surface area contributed by atoms with E-state index in [1.807, 2.05) is 32.3 Å². The molecule has 1 N–H and O–H groups in total. The van der Waals surface area contributed by atoms with Gasteiger partial charge in [0.05, 0.1) is 0 Å². The molecule has 0 amide bonds. The molecule has 17 heavy (non-hydrogen) atoms. The first-order valence-corrected chi connectivity index (χ1v) is 5.39. The molecule has 2 rings (SSSR count). The van der Waals surface area contributed by atoms with E-state index in [-0.39, 0.29) is 5.76 Å². The van der Waals surface area contributed by atoms with Crippen LogP contribution in [0.15, 0.2) is 22.6 Å². The van der Waals surface area contributed by atoms with Crippen molar-refractivity contribution in [2.75, 3.05) is 14.1 Å². The van der Waals surface area contributed by atoms with Gasteiger partial charge in [-0.15, -0.1) is 0 Å². The van der Waals surface area contributed by atoms with Crippen LogP contribution in [-0.2, 0) is 6.54 Å². The number of aryl methyl sites for hydroxylation is 1. The third-order valence-electron chi connectivity index (χ3n) is 2.69. The summed E-state index contributed by atoms with van der Waals surface area (Å²) >= 11 is 0. The lowest BCUT2D eigenvalue weighted by Crippen LogP contribution is -2.10. The molecule has 0 fully saturated rings. The van der Waals surface area contributed by atoms with Gasteiger partial charge in [0.15, 0.2) is 0 Å². The molecule has 90 valence electrons. The van der Waals surface area contributed by atoms with E-state index in [9.17, 15) is 4.79 Å². The molecular weight excluding hydrogens is 218 g/mol. The van der Waals surface area contributed by atoms with Crippen LogP contribution >= 0.6 is 0 Å². The highest BCUT2D eigenvalue weighted by Crippen LogP contribution is 2.26. The van der Waals surface area contributed by atoms with E-state index in [1.54, 1.807) is 6.92 Å². The molecule has 0 bridgehead atoms. The Morgan fingerprint density at radius 1 is 1.41 bits per heavy atom. The standard InChI is InChI=1S/C13H15NO3/c1-8-10-6-9(7-14(2)3)4-5-11(10)17-12(8)13(15)16/h4-6H,7H2,1-3H3,(H,15,16). The minimum absolute atomic E-state index is 0.0296. The Bertz CT molecular complexity index is 569. The van der Waals surface area contributed by atoms with Crippen LogP contribution in [0.25, 0.3) is 11.0 Å². The lowest BCUT2D eigenvalue weighted by atomic mass is 10.1. The molecule has 0 spiro atoms. The molecule has 0 saturated carbocycles. The van der Waals surface area contributed by atoms with E-state index in [2.05, 4.69) is 4.90 Å².